The third-order valence-corrected chi connectivity index (χ3v) is 5.23. The summed E-state index contributed by atoms with van der Waals surface area (Å²) >= 11 is 1.31. The van der Waals surface area contributed by atoms with Gasteiger partial charge in [0.05, 0.1) is 30.4 Å². The zero-order valence-corrected chi connectivity index (χ0v) is 19.0. The van der Waals surface area contributed by atoms with Crippen molar-refractivity contribution in [3.8, 4) is 17.6 Å². The maximum absolute atomic E-state index is 12.7. The molecule has 1 fully saturated rings. The quantitative estimate of drug-likeness (QED) is 0.561. The summed E-state index contributed by atoms with van der Waals surface area (Å²) in [7, 11) is 0. The van der Waals surface area contributed by atoms with E-state index in [9.17, 15) is 9.59 Å². The molecule has 10 nitrogen and oxygen atoms in total. The number of anilines is 1. The lowest BCUT2D eigenvalue weighted by atomic mass is 10.2. The largest absolute Gasteiger partial charge is 0.475 e. The molecule has 3 aromatic rings. The van der Waals surface area contributed by atoms with Crippen molar-refractivity contribution in [3.05, 3.63) is 53.2 Å². The van der Waals surface area contributed by atoms with E-state index in [4.69, 9.17) is 14.2 Å². The Kier molecular flexibility index (Phi) is 7.10. The third-order valence-electron chi connectivity index (χ3n) is 4.54. The molecule has 4 heterocycles. The highest BCUT2D eigenvalue weighted by Crippen LogP contribution is 2.24. The molecule has 0 radical (unpaired) electrons. The average molecular weight is 470 g/mol. The molecule has 0 saturated carbocycles. The van der Waals surface area contributed by atoms with Crippen LogP contribution in [0.4, 0.5) is 5.13 Å². The van der Waals surface area contributed by atoms with Gasteiger partial charge in [0, 0.05) is 49.1 Å². The minimum Gasteiger partial charge on any atom is -0.475 e. The SMILES string of the molecule is CC(C)Oc1cc(C(=O)Nc2nccs2)cc(Oc2ccc(C(=O)N3CCOCC3)cn2)n1. The molecule has 0 aliphatic carbocycles. The molecule has 0 aromatic carbocycles. The van der Waals surface area contributed by atoms with Crippen LogP contribution in [0.25, 0.3) is 0 Å². The van der Waals surface area contributed by atoms with Gasteiger partial charge in [-0.15, -0.1) is 11.3 Å². The molecular formula is C22H23N5O5S. The summed E-state index contributed by atoms with van der Waals surface area (Å²) in [6.07, 6.45) is 2.91. The fourth-order valence-corrected chi connectivity index (χ4v) is 3.57. The van der Waals surface area contributed by atoms with Crippen LogP contribution in [0.3, 0.4) is 0 Å². The fourth-order valence-electron chi connectivity index (χ4n) is 3.04. The van der Waals surface area contributed by atoms with Gasteiger partial charge in [-0.2, -0.15) is 4.98 Å². The minimum absolute atomic E-state index is 0.107. The Morgan fingerprint density at radius 2 is 1.88 bits per heavy atom. The molecule has 1 N–H and O–H groups in total. The van der Waals surface area contributed by atoms with E-state index >= 15 is 0 Å². The van der Waals surface area contributed by atoms with Crippen LogP contribution in [-0.4, -0.2) is 64.1 Å². The van der Waals surface area contributed by atoms with Gasteiger partial charge in [-0.3, -0.25) is 14.9 Å². The van der Waals surface area contributed by atoms with Gasteiger partial charge in [0.15, 0.2) is 5.13 Å². The van der Waals surface area contributed by atoms with Gasteiger partial charge in [-0.25, -0.2) is 9.97 Å². The summed E-state index contributed by atoms with van der Waals surface area (Å²) in [4.78, 5) is 39.6. The van der Waals surface area contributed by atoms with Crippen molar-refractivity contribution in [3.63, 3.8) is 0 Å². The lowest BCUT2D eigenvalue weighted by molar-refractivity contribution is 0.0302. The number of morpholine rings is 1. The molecule has 4 rings (SSSR count). The van der Waals surface area contributed by atoms with E-state index in [1.54, 1.807) is 28.6 Å². The molecule has 1 aliphatic rings. The van der Waals surface area contributed by atoms with E-state index < -0.39 is 0 Å². The molecule has 1 saturated heterocycles. The van der Waals surface area contributed by atoms with Gasteiger partial charge in [-0.05, 0) is 19.9 Å². The van der Waals surface area contributed by atoms with E-state index in [0.29, 0.717) is 42.6 Å². The van der Waals surface area contributed by atoms with E-state index in [1.807, 2.05) is 13.8 Å². The molecule has 0 bridgehead atoms. The molecule has 0 spiro atoms. The maximum atomic E-state index is 12.7. The zero-order chi connectivity index (χ0) is 23.2. The number of nitrogens with one attached hydrogen (secondary N) is 1. The number of nitrogens with zero attached hydrogens (tertiary/aromatic N) is 4. The summed E-state index contributed by atoms with van der Waals surface area (Å²) in [6.45, 7) is 5.87. The molecular weight excluding hydrogens is 446 g/mol. The maximum Gasteiger partial charge on any atom is 0.257 e. The Balaban J connectivity index is 1.51. The number of aromatic nitrogens is 3. The first kappa shape index (κ1) is 22.6. The topological polar surface area (TPSA) is 116 Å². The van der Waals surface area contributed by atoms with Gasteiger partial charge in [0.25, 0.3) is 11.8 Å². The summed E-state index contributed by atoms with van der Waals surface area (Å²) in [5.74, 6) is 0.131. The van der Waals surface area contributed by atoms with E-state index in [-0.39, 0.29) is 35.6 Å². The first-order valence-electron chi connectivity index (χ1n) is 10.4. The van der Waals surface area contributed by atoms with Crippen LogP contribution < -0.4 is 14.8 Å². The number of pyridine rings is 2. The van der Waals surface area contributed by atoms with E-state index in [1.165, 1.54) is 29.7 Å². The highest BCUT2D eigenvalue weighted by Gasteiger charge is 2.19. The number of carbonyl (C=O) groups is 2. The lowest BCUT2D eigenvalue weighted by Gasteiger charge is -2.26. The Morgan fingerprint density at radius 1 is 1.09 bits per heavy atom. The molecule has 172 valence electrons. The van der Waals surface area contributed by atoms with Crippen LogP contribution in [0.15, 0.2) is 42.0 Å². The highest BCUT2D eigenvalue weighted by molar-refractivity contribution is 7.13. The van der Waals surface area contributed by atoms with Crippen molar-refractivity contribution >= 4 is 28.3 Å². The third kappa shape index (κ3) is 6.02. The Labute approximate surface area is 194 Å². The van der Waals surface area contributed by atoms with Crippen LogP contribution in [-0.2, 0) is 4.74 Å². The van der Waals surface area contributed by atoms with Crippen molar-refractivity contribution < 1.29 is 23.8 Å². The average Bonchev–Trinajstić information content (AvgIpc) is 3.32. The van der Waals surface area contributed by atoms with Crippen molar-refractivity contribution in [2.75, 3.05) is 31.6 Å². The fraction of sp³-hybridized carbons (Fsp3) is 0.318. The number of rotatable bonds is 7. The van der Waals surface area contributed by atoms with Crippen molar-refractivity contribution in [2.24, 2.45) is 0 Å². The van der Waals surface area contributed by atoms with Crippen molar-refractivity contribution in [1.82, 2.24) is 19.9 Å². The Morgan fingerprint density at radius 3 is 2.55 bits per heavy atom. The Hall–Kier alpha value is -3.57. The Bertz CT molecular complexity index is 1100. The predicted molar refractivity (Wildman–Crippen MR) is 121 cm³/mol. The monoisotopic (exact) mass is 469 g/mol. The summed E-state index contributed by atoms with van der Waals surface area (Å²) in [5, 5.41) is 4.97. The summed E-state index contributed by atoms with van der Waals surface area (Å²) in [5.41, 5.74) is 0.752. The van der Waals surface area contributed by atoms with Gasteiger partial charge >= 0.3 is 0 Å². The normalized spacial score (nSPS) is 13.6. The number of amides is 2. The number of ether oxygens (including phenoxy) is 3. The lowest BCUT2D eigenvalue weighted by Crippen LogP contribution is -2.40. The number of thiazole rings is 1. The molecule has 0 unspecified atom stereocenters. The van der Waals surface area contributed by atoms with Crippen LogP contribution in [0, 0.1) is 0 Å². The van der Waals surface area contributed by atoms with Crippen LogP contribution in [0.5, 0.6) is 17.6 Å². The molecule has 0 atom stereocenters. The van der Waals surface area contributed by atoms with Gasteiger partial charge in [0.1, 0.15) is 0 Å². The number of carbonyl (C=O) groups excluding carboxylic acids is 2. The molecule has 2 amide bonds. The van der Waals surface area contributed by atoms with Crippen LogP contribution >= 0.6 is 11.3 Å². The van der Waals surface area contributed by atoms with Gasteiger partial charge in [0.2, 0.25) is 17.6 Å². The molecule has 11 heteroatoms. The second-order valence-corrected chi connectivity index (χ2v) is 8.28. The van der Waals surface area contributed by atoms with Crippen LogP contribution in [0.2, 0.25) is 0 Å². The summed E-state index contributed by atoms with van der Waals surface area (Å²) in [6, 6.07) is 6.25. The van der Waals surface area contributed by atoms with Gasteiger partial charge < -0.3 is 19.1 Å². The zero-order valence-electron chi connectivity index (χ0n) is 18.2. The standard InChI is InChI=1S/C22H23N5O5S/c1-14(2)31-18-11-16(20(28)26-22-23-5-10-33-22)12-19(25-18)32-17-4-3-15(13-24-17)21(29)27-6-8-30-9-7-27/h3-5,10-14H,6-9H2,1-2H3,(H,23,26,28). The van der Waals surface area contributed by atoms with Crippen molar-refractivity contribution in [2.45, 2.75) is 20.0 Å². The second kappa shape index (κ2) is 10.4. The first-order chi connectivity index (χ1) is 16.0. The minimum atomic E-state index is -0.370. The van der Waals surface area contributed by atoms with Crippen molar-refractivity contribution in [1.29, 1.82) is 0 Å². The van der Waals surface area contributed by atoms with E-state index in [2.05, 4.69) is 20.3 Å². The predicted octanol–water partition coefficient (Wildman–Crippen LogP) is 3.24. The molecule has 1 aliphatic heterocycles. The molecule has 3 aromatic heterocycles. The smallest absolute Gasteiger partial charge is 0.257 e. The van der Waals surface area contributed by atoms with E-state index in [0.717, 1.165) is 0 Å². The molecule has 33 heavy (non-hydrogen) atoms. The summed E-state index contributed by atoms with van der Waals surface area (Å²) < 4.78 is 16.7. The number of hydrogen-bond acceptors (Lipinski definition) is 9. The second-order valence-electron chi connectivity index (χ2n) is 7.38. The highest BCUT2D eigenvalue weighted by atomic mass is 32.1. The number of hydrogen-bond donors (Lipinski definition) is 1. The van der Waals surface area contributed by atoms with Crippen LogP contribution in [0.1, 0.15) is 34.6 Å². The van der Waals surface area contributed by atoms with Gasteiger partial charge in [-0.1, -0.05) is 0 Å². The first-order valence-corrected chi connectivity index (χ1v) is 11.3.